The summed E-state index contributed by atoms with van der Waals surface area (Å²) in [6.45, 7) is 5.86. The number of nitrogens with zero attached hydrogens (tertiary/aromatic N) is 1. The van der Waals surface area contributed by atoms with Crippen molar-refractivity contribution < 1.29 is 28.5 Å². The predicted molar refractivity (Wildman–Crippen MR) is 153 cm³/mol. The summed E-state index contributed by atoms with van der Waals surface area (Å²) in [4.78, 5) is 15.4. The lowest BCUT2D eigenvalue weighted by Crippen LogP contribution is -2.38. The molecule has 3 heterocycles. The number of hydrogen-bond donors (Lipinski definition) is 2. The third kappa shape index (κ3) is 5.30. The maximum absolute atomic E-state index is 13.1. The third-order valence-electron chi connectivity index (χ3n) is 7.44. The Labute approximate surface area is 233 Å². The number of anilines is 2. The fraction of sp³-hybridized carbons (Fsp3) is 0.323. The molecule has 3 aromatic carbocycles. The van der Waals surface area contributed by atoms with Gasteiger partial charge in [-0.05, 0) is 48.5 Å². The van der Waals surface area contributed by atoms with Gasteiger partial charge in [-0.3, -0.25) is 9.69 Å². The molecule has 40 heavy (non-hydrogen) atoms. The monoisotopic (exact) mass is 543 g/mol. The largest absolute Gasteiger partial charge is 0.497 e. The van der Waals surface area contributed by atoms with Gasteiger partial charge >= 0.3 is 0 Å². The van der Waals surface area contributed by atoms with Crippen LogP contribution in [-0.4, -0.2) is 64.5 Å². The van der Waals surface area contributed by atoms with Crippen molar-refractivity contribution in [3.8, 4) is 17.2 Å². The molecule has 0 spiro atoms. The minimum Gasteiger partial charge on any atom is -0.497 e. The van der Waals surface area contributed by atoms with E-state index in [1.165, 1.54) is 0 Å². The third-order valence-corrected chi connectivity index (χ3v) is 7.44. The Balaban J connectivity index is 1.19. The molecular formula is C31H33N3O6. The molecule has 208 valence electrons. The maximum atomic E-state index is 13.1. The molecule has 1 amide bonds. The highest BCUT2D eigenvalue weighted by molar-refractivity contribution is 6.36. The van der Waals surface area contributed by atoms with Crippen molar-refractivity contribution in [1.82, 2.24) is 4.90 Å². The van der Waals surface area contributed by atoms with Gasteiger partial charge in [0.15, 0.2) is 0 Å². The van der Waals surface area contributed by atoms with Gasteiger partial charge in [0.05, 0.1) is 33.0 Å². The number of amides is 1. The average Bonchev–Trinajstić information content (AvgIpc) is 3.55. The zero-order chi connectivity index (χ0) is 27.5. The average molecular weight is 544 g/mol. The Kier molecular flexibility index (Phi) is 7.48. The molecule has 0 aromatic heterocycles. The van der Waals surface area contributed by atoms with Gasteiger partial charge in [-0.2, -0.15) is 0 Å². The zero-order valence-corrected chi connectivity index (χ0v) is 22.7. The van der Waals surface area contributed by atoms with E-state index in [0.29, 0.717) is 31.1 Å². The van der Waals surface area contributed by atoms with Gasteiger partial charge in [0.25, 0.3) is 5.91 Å². The van der Waals surface area contributed by atoms with Crippen molar-refractivity contribution >= 4 is 28.6 Å². The summed E-state index contributed by atoms with van der Waals surface area (Å²) in [7, 11) is 3.27. The summed E-state index contributed by atoms with van der Waals surface area (Å²) in [5, 5.41) is 6.43. The van der Waals surface area contributed by atoms with Crippen LogP contribution in [0.2, 0.25) is 0 Å². The van der Waals surface area contributed by atoms with E-state index in [9.17, 15) is 4.79 Å². The molecule has 3 aromatic rings. The van der Waals surface area contributed by atoms with Crippen LogP contribution in [0, 0.1) is 0 Å². The Morgan fingerprint density at radius 3 is 2.62 bits per heavy atom. The normalized spacial score (nSPS) is 18.0. The summed E-state index contributed by atoms with van der Waals surface area (Å²) in [5.41, 5.74) is 5.92. The number of nitrogens with one attached hydrogen (secondary N) is 2. The van der Waals surface area contributed by atoms with Gasteiger partial charge in [0.2, 0.25) is 0 Å². The van der Waals surface area contributed by atoms with Crippen LogP contribution >= 0.6 is 0 Å². The van der Waals surface area contributed by atoms with E-state index in [4.69, 9.17) is 23.7 Å². The van der Waals surface area contributed by atoms with Crippen LogP contribution in [0.15, 0.2) is 54.6 Å². The predicted octanol–water partition coefficient (Wildman–Crippen LogP) is 4.38. The van der Waals surface area contributed by atoms with Gasteiger partial charge in [-0.1, -0.05) is 0 Å². The lowest BCUT2D eigenvalue weighted by Gasteiger charge is -2.26. The lowest BCUT2D eigenvalue weighted by atomic mass is 10.00. The van der Waals surface area contributed by atoms with E-state index in [2.05, 4.69) is 15.5 Å². The summed E-state index contributed by atoms with van der Waals surface area (Å²) >= 11 is 0. The second-order valence-corrected chi connectivity index (χ2v) is 9.86. The molecule has 6 rings (SSSR count). The van der Waals surface area contributed by atoms with E-state index in [-0.39, 0.29) is 5.91 Å². The first kappa shape index (κ1) is 26.0. The summed E-state index contributed by atoms with van der Waals surface area (Å²) < 4.78 is 28.4. The molecule has 0 aliphatic carbocycles. The number of rotatable bonds is 9. The summed E-state index contributed by atoms with van der Waals surface area (Å²) in [5.74, 6) is 2.71. The maximum Gasteiger partial charge on any atom is 0.260 e. The van der Waals surface area contributed by atoms with Gasteiger partial charge in [-0.25, -0.2) is 0 Å². The standard InChI is InChI=1S/C31H33N3O6/c1-36-23-5-3-20(28(17-23)37-2)18-32-22-4-8-27-26(16-22)29(31(35)33-27)30-25-7-6-24(15-21(25)19-40-30)39-14-11-34-9-12-38-13-10-34/h3-8,15-17,32H,9-14,18-19H2,1-2H3,(H,33,35)/b30-29+. The van der Waals surface area contributed by atoms with Crippen LogP contribution in [0.3, 0.4) is 0 Å². The first-order valence-corrected chi connectivity index (χ1v) is 13.5. The molecule has 0 saturated carbocycles. The zero-order valence-electron chi connectivity index (χ0n) is 22.7. The molecule has 2 N–H and O–H groups in total. The molecule has 0 bridgehead atoms. The van der Waals surface area contributed by atoms with Gasteiger partial charge in [-0.15, -0.1) is 0 Å². The van der Waals surface area contributed by atoms with Crippen LogP contribution in [-0.2, 0) is 27.4 Å². The molecule has 9 heteroatoms. The Morgan fingerprint density at radius 1 is 0.950 bits per heavy atom. The number of ether oxygens (including phenoxy) is 5. The molecule has 0 atom stereocenters. The van der Waals surface area contributed by atoms with E-state index < -0.39 is 0 Å². The van der Waals surface area contributed by atoms with Crippen molar-refractivity contribution in [2.75, 3.05) is 64.3 Å². The quantitative estimate of drug-likeness (QED) is 0.385. The molecule has 0 radical (unpaired) electrons. The first-order chi connectivity index (χ1) is 19.6. The number of carbonyl (C=O) groups is 1. The van der Waals surface area contributed by atoms with Gasteiger partial charge < -0.3 is 34.3 Å². The number of fused-ring (bicyclic) bond motifs is 2. The summed E-state index contributed by atoms with van der Waals surface area (Å²) in [6.07, 6.45) is 0. The number of hydrogen-bond acceptors (Lipinski definition) is 8. The van der Waals surface area contributed by atoms with Crippen molar-refractivity contribution in [2.24, 2.45) is 0 Å². The fourth-order valence-corrected chi connectivity index (χ4v) is 5.25. The van der Waals surface area contributed by atoms with E-state index in [1.807, 2.05) is 54.6 Å². The van der Waals surface area contributed by atoms with Crippen LogP contribution in [0.25, 0.3) is 11.3 Å². The first-order valence-electron chi connectivity index (χ1n) is 13.5. The van der Waals surface area contributed by atoms with Crippen LogP contribution in [0.1, 0.15) is 22.3 Å². The molecule has 1 fully saturated rings. The molecule has 9 nitrogen and oxygen atoms in total. The molecule has 3 aliphatic heterocycles. The van der Waals surface area contributed by atoms with Crippen molar-refractivity contribution in [3.05, 3.63) is 76.9 Å². The van der Waals surface area contributed by atoms with Crippen molar-refractivity contribution in [1.29, 1.82) is 0 Å². The topological polar surface area (TPSA) is 90.5 Å². The van der Waals surface area contributed by atoms with Crippen LogP contribution < -0.4 is 24.8 Å². The molecule has 3 aliphatic rings. The highest BCUT2D eigenvalue weighted by atomic mass is 16.5. The highest BCUT2D eigenvalue weighted by Gasteiger charge is 2.33. The second-order valence-electron chi connectivity index (χ2n) is 9.86. The number of methoxy groups -OCH3 is 2. The SMILES string of the molecule is COc1ccc(CNc2ccc3c(c2)/C(=C2\OCc4cc(OCCN5CCOCC5)ccc42)C(=O)N3)c(OC)c1. The van der Waals surface area contributed by atoms with Crippen LogP contribution in [0.4, 0.5) is 11.4 Å². The number of carbonyl (C=O) groups excluding carboxylic acids is 1. The minimum absolute atomic E-state index is 0.169. The summed E-state index contributed by atoms with van der Waals surface area (Å²) in [6, 6.07) is 17.5. The van der Waals surface area contributed by atoms with Gasteiger partial charge in [0.1, 0.15) is 36.2 Å². The fourth-order valence-electron chi connectivity index (χ4n) is 5.25. The van der Waals surface area contributed by atoms with Crippen LogP contribution in [0.5, 0.6) is 17.2 Å². The van der Waals surface area contributed by atoms with E-state index in [1.54, 1.807) is 14.2 Å². The minimum atomic E-state index is -0.169. The molecule has 0 unspecified atom stereocenters. The Hall–Kier alpha value is -4.21. The smallest absolute Gasteiger partial charge is 0.260 e. The molecular weight excluding hydrogens is 510 g/mol. The number of morpholine rings is 1. The van der Waals surface area contributed by atoms with E-state index >= 15 is 0 Å². The molecule has 1 saturated heterocycles. The Bertz CT molecular complexity index is 1450. The Morgan fingerprint density at radius 2 is 1.80 bits per heavy atom. The van der Waals surface area contributed by atoms with Crippen molar-refractivity contribution in [3.63, 3.8) is 0 Å². The van der Waals surface area contributed by atoms with Gasteiger partial charge in [0, 0.05) is 65.9 Å². The van der Waals surface area contributed by atoms with Crippen molar-refractivity contribution in [2.45, 2.75) is 13.2 Å². The van der Waals surface area contributed by atoms with E-state index in [0.717, 1.165) is 83.7 Å². The second kappa shape index (κ2) is 11.5. The number of benzene rings is 3. The highest BCUT2D eigenvalue weighted by Crippen LogP contribution is 2.43. The lowest BCUT2D eigenvalue weighted by molar-refractivity contribution is -0.110.